The number of aliphatic hydroxyl groups excluding tert-OH is 1. The highest BCUT2D eigenvalue weighted by Gasteiger charge is 2.24. The van der Waals surface area contributed by atoms with Crippen LogP contribution in [-0.2, 0) is 11.3 Å². The van der Waals surface area contributed by atoms with Crippen molar-refractivity contribution in [2.45, 2.75) is 58.2 Å². The lowest BCUT2D eigenvalue weighted by molar-refractivity contribution is 0.121. The van der Waals surface area contributed by atoms with Crippen molar-refractivity contribution < 1.29 is 9.84 Å². The lowest BCUT2D eigenvalue weighted by atomic mass is 9.85. The molecule has 3 aromatic rings. The average Bonchev–Trinajstić information content (AvgIpc) is 3.24. The zero-order chi connectivity index (χ0) is 18.8. The molecule has 0 bridgehead atoms. The van der Waals surface area contributed by atoms with E-state index < -0.39 is 6.10 Å². The van der Waals surface area contributed by atoms with Gasteiger partial charge in [0.1, 0.15) is 18.5 Å². The van der Waals surface area contributed by atoms with Gasteiger partial charge >= 0.3 is 0 Å². The topological polar surface area (TPSA) is 88.9 Å². The average molecular weight is 369 g/mol. The molecule has 0 radical (unpaired) electrons. The lowest BCUT2D eigenvalue weighted by Gasteiger charge is -2.23. The first kappa shape index (κ1) is 18.1. The van der Waals surface area contributed by atoms with E-state index in [0.29, 0.717) is 24.2 Å². The molecule has 1 aromatic carbocycles. The van der Waals surface area contributed by atoms with Crippen molar-refractivity contribution in [3.05, 3.63) is 35.7 Å². The van der Waals surface area contributed by atoms with Crippen LogP contribution in [0.4, 0.5) is 0 Å². The third-order valence-corrected chi connectivity index (χ3v) is 5.36. The van der Waals surface area contributed by atoms with E-state index in [4.69, 9.17) is 4.74 Å². The van der Waals surface area contributed by atoms with E-state index in [1.54, 1.807) is 11.8 Å². The largest absolute Gasteiger partial charge is 0.385 e. The van der Waals surface area contributed by atoms with Gasteiger partial charge in [0.2, 0.25) is 0 Å². The summed E-state index contributed by atoms with van der Waals surface area (Å²) in [5.74, 6) is 2.60. The highest BCUT2D eigenvalue weighted by atomic mass is 16.5. The molecule has 1 aliphatic rings. The van der Waals surface area contributed by atoms with E-state index >= 15 is 0 Å². The SMILES string of the molecule is COCc1nc(C(O)CC2CCCCC2)n(-c2ccc3nc(C)[nH]c3c2)n1. The molecule has 2 N–H and O–H groups in total. The van der Waals surface area contributed by atoms with E-state index in [1.807, 2.05) is 25.1 Å². The molecule has 7 heteroatoms. The minimum absolute atomic E-state index is 0.321. The number of H-pyrrole nitrogens is 1. The molecule has 2 heterocycles. The minimum atomic E-state index is -0.634. The van der Waals surface area contributed by atoms with Crippen LogP contribution in [0.15, 0.2) is 18.2 Å². The molecule has 1 unspecified atom stereocenters. The van der Waals surface area contributed by atoms with Gasteiger partial charge in [-0.15, -0.1) is 5.10 Å². The molecular weight excluding hydrogens is 342 g/mol. The van der Waals surface area contributed by atoms with Gasteiger partial charge in [0.15, 0.2) is 11.6 Å². The molecule has 144 valence electrons. The molecular formula is C20H27N5O2. The van der Waals surface area contributed by atoms with Crippen LogP contribution in [0.5, 0.6) is 0 Å². The number of aromatic amines is 1. The van der Waals surface area contributed by atoms with E-state index in [1.165, 1.54) is 32.1 Å². The van der Waals surface area contributed by atoms with Gasteiger partial charge in [-0.25, -0.2) is 14.6 Å². The standard InChI is InChI=1S/C20H27N5O2/c1-13-21-16-9-8-15(11-17(16)22-13)25-20(23-19(24-25)12-27-2)18(26)10-14-6-4-3-5-7-14/h8-9,11,14,18,26H,3-7,10,12H2,1-2H3,(H,21,22). The van der Waals surface area contributed by atoms with E-state index in [9.17, 15) is 5.11 Å². The highest BCUT2D eigenvalue weighted by molar-refractivity contribution is 5.77. The molecule has 1 atom stereocenters. The maximum absolute atomic E-state index is 10.9. The van der Waals surface area contributed by atoms with Gasteiger partial charge < -0.3 is 14.8 Å². The molecule has 1 saturated carbocycles. The minimum Gasteiger partial charge on any atom is -0.385 e. The quantitative estimate of drug-likeness (QED) is 0.693. The van der Waals surface area contributed by atoms with E-state index in [-0.39, 0.29) is 0 Å². The first-order chi connectivity index (χ1) is 13.1. The second-order valence-electron chi connectivity index (χ2n) is 7.51. The zero-order valence-corrected chi connectivity index (χ0v) is 16.0. The summed E-state index contributed by atoms with van der Waals surface area (Å²) in [5, 5.41) is 15.5. The van der Waals surface area contributed by atoms with Crippen LogP contribution in [0.2, 0.25) is 0 Å². The Kier molecular flexibility index (Phi) is 5.22. The summed E-state index contributed by atoms with van der Waals surface area (Å²) in [6.45, 7) is 2.26. The zero-order valence-electron chi connectivity index (χ0n) is 16.0. The summed E-state index contributed by atoms with van der Waals surface area (Å²) < 4.78 is 6.95. The first-order valence-corrected chi connectivity index (χ1v) is 9.73. The van der Waals surface area contributed by atoms with Crippen LogP contribution in [0.1, 0.15) is 62.1 Å². The Bertz CT molecular complexity index is 910. The Balaban J connectivity index is 1.67. The third kappa shape index (κ3) is 3.89. The molecule has 7 nitrogen and oxygen atoms in total. The number of fused-ring (bicyclic) bond motifs is 1. The summed E-state index contributed by atoms with van der Waals surface area (Å²) in [7, 11) is 1.62. The Morgan fingerprint density at radius 3 is 2.85 bits per heavy atom. The molecule has 1 fully saturated rings. The van der Waals surface area contributed by atoms with Crippen LogP contribution in [0, 0.1) is 12.8 Å². The van der Waals surface area contributed by atoms with Crippen LogP contribution in [0.25, 0.3) is 16.7 Å². The second kappa shape index (κ2) is 7.78. The summed E-state index contributed by atoms with van der Waals surface area (Å²) >= 11 is 0. The van der Waals surface area contributed by atoms with Crippen molar-refractivity contribution in [2.75, 3.05) is 7.11 Å². The predicted octanol–water partition coefficient (Wildman–Crippen LogP) is 3.60. The van der Waals surface area contributed by atoms with Gasteiger partial charge in [-0.3, -0.25) is 0 Å². The predicted molar refractivity (Wildman–Crippen MR) is 103 cm³/mol. The number of nitrogens with zero attached hydrogens (tertiary/aromatic N) is 4. The number of benzene rings is 1. The fraction of sp³-hybridized carbons (Fsp3) is 0.550. The third-order valence-electron chi connectivity index (χ3n) is 5.36. The smallest absolute Gasteiger partial charge is 0.177 e. The number of ether oxygens (including phenoxy) is 1. The number of rotatable bonds is 6. The fourth-order valence-electron chi connectivity index (χ4n) is 4.07. The number of hydrogen-bond acceptors (Lipinski definition) is 5. The summed E-state index contributed by atoms with van der Waals surface area (Å²) in [6, 6.07) is 5.92. The monoisotopic (exact) mass is 369 g/mol. The Morgan fingerprint density at radius 1 is 1.26 bits per heavy atom. The Morgan fingerprint density at radius 2 is 2.07 bits per heavy atom. The maximum atomic E-state index is 10.9. The fourth-order valence-corrected chi connectivity index (χ4v) is 4.07. The summed E-state index contributed by atoms with van der Waals surface area (Å²) in [5.41, 5.74) is 2.72. The van der Waals surface area contributed by atoms with Crippen LogP contribution in [0.3, 0.4) is 0 Å². The maximum Gasteiger partial charge on any atom is 0.177 e. The molecule has 4 rings (SSSR count). The normalized spacial score (nSPS) is 16.9. The number of imidazole rings is 1. The lowest BCUT2D eigenvalue weighted by Crippen LogP contribution is -2.15. The van der Waals surface area contributed by atoms with Crippen molar-refractivity contribution >= 4 is 11.0 Å². The molecule has 0 spiro atoms. The van der Waals surface area contributed by atoms with Crippen LogP contribution < -0.4 is 0 Å². The van der Waals surface area contributed by atoms with Crippen molar-refractivity contribution in [3.63, 3.8) is 0 Å². The van der Waals surface area contributed by atoms with Gasteiger partial charge in [-0.05, 0) is 37.5 Å². The van der Waals surface area contributed by atoms with Crippen LogP contribution in [-0.4, -0.2) is 36.9 Å². The number of aliphatic hydroxyl groups is 1. The molecule has 27 heavy (non-hydrogen) atoms. The van der Waals surface area contributed by atoms with Gasteiger partial charge in [0.05, 0.1) is 16.7 Å². The number of aromatic nitrogens is 5. The second-order valence-corrected chi connectivity index (χ2v) is 7.51. The number of hydrogen-bond donors (Lipinski definition) is 2. The molecule has 0 saturated heterocycles. The number of methoxy groups -OCH3 is 1. The summed E-state index contributed by atoms with van der Waals surface area (Å²) in [4.78, 5) is 12.3. The van der Waals surface area contributed by atoms with Gasteiger partial charge in [0, 0.05) is 7.11 Å². The number of nitrogens with one attached hydrogen (secondary N) is 1. The van der Waals surface area contributed by atoms with Gasteiger partial charge in [0.25, 0.3) is 0 Å². The van der Waals surface area contributed by atoms with Crippen molar-refractivity contribution in [3.8, 4) is 5.69 Å². The van der Waals surface area contributed by atoms with E-state index in [2.05, 4.69) is 20.1 Å². The molecule has 0 aliphatic heterocycles. The summed E-state index contributed by atoms with van der Waals surface area (Å²) in [6.07, 6.45) is 6.31. The van der Waals surface area contributed by atoms with Gasteiger partial charge in [-0.2, -0.15) is 0 Å². The van der Waals surface area contributed by atoms with Crippen molar-refractivity contribution in [2.24, 2.45) is 5.92 Å². The van der Waals surface area contributed by atoms with Crippen molar-refractivity contribution in [1.82, 2.24) is 24.7 Å². The molecule has 0 amide bonds. The Labute approximate surface area is 158 Å². The molecule has 2 aromatic heterocycles. The Hall–Kier alpha value is -2.25. The molecule has 1 aliphatic carbocycles. The van der Waals surface area contributed by atoms with Gasteiger partial charge in [-0.1, -0.05) is 32.1 Å². The first-order valence-electron chi connectivity index (χ1n) is 9.73. The highest BCUT2D eigenvalue weighted by Crippen LogP contribution is 2.32. The van der Waals surface area contributed by atoms with E-state index in [0.717, 1.165) is 29.0 Å². The van der Waals surface area contributed by atoms with Crippen LogP contribution >= 0.6 is 0 Å². The van der Waals surface area contributed by atoms with Crippen molar-refractivity contribution in [1.29, 1.82) is 0 Å². The number of aryl methyl sites for hydroxylation is 1.